The van der Waals surface area contributed by atoms with Gasteiger partial charge in [-0.15, -0.1) is 24.0 Å². The fourth-order valence-electron chi connectivity index (χ4n) is 2.54. The van der Waals surface area contributed by atoms with Crippen molar-refractivity contribution >= 4 is 29.9 Å². The number of furan rings is 1. The molecule has 1 aromatic heterocycles. The summed E-state index contributed by atoms with van der Waals surface area (Å²) in [5, 5.41) is 6.52. The molecule has 0 saturated heterocycles. The Hall–Kier alpha value is -1.94. The summed E-state index contributed by atoms with van der Waals surface area (Å²) in [6.07, 6.45) is 2.47. The second kappa shape index (κ2) is 11.7. The Labute approximate surface area is 176 Å². The summed E-state index contributed by atoms with van der Waals surface area (Å²) in [5.41, 5.74) is 0. The molecule has 27 heavy (non-hydrogen) atoms. The maximum Gasteiger partial charge on any atom is 0.191 e. The van der Waals surface area contributed by atoms with Crippen molar-refractivity contribution in [3.05, 3.63) is 48.4 Å². The lowest BCUT2D eigenvalue weighted by molar-refractivity contribution is 0.0935. The van der Waals surface area contributed by atoms with Gasteiger partial charge in [0.15, 0.2) is 17.5 Å². The van der Waals surface area contributed by atoms with Crippen LogP contribution < -0.4 is 20.1 Å². The van der Waals surface area contributed by atoms with Gasteiger partial charge in [0.25, 0.3) is 0 Å². The number of nitrogens with one attached hydrogen (secondary N) is 2. The molecule has 8 heteroatoms. The molecule has 0 aliphatic carbocycles. The molecule has 1 atom stereocenters. The molecule has 3 rings (SSSR count). The van der Waals surface area contributed by atoms with Crippen molar-refractivity contribution < 1.29 is 18.6 Å². The number of para-hydroxylation sites is 2. The smallest absolute Gasteiger partial charge is 0.191 e. The minimum absolute atomic E-state index is 0. The lowest BCUT2D eigenvalue weighted by atomic mass is 10.2. The Morgan fingerprint density at radius 3 is 2.81 bits per heavy atom. The van der Waals surface area contributed by atoms with E-state index in [-0.39, 0.29) is 30.1 Å². The van der Waals surface area contributed by atoms with Crippen LogP contribution in [0.3, 0.4) is 0 Å². The molecule has 148 valence electrons. The highest BCUT2D eigenvalue weighted by atomic mass is 127. The van der Waals surface area contributed by atoms with Gasteiger partial charge in [-0.2, -0.15) is 0 Å². The molecule has 2 aromatic rings. The molecule has 2 N–H and O–H groups in total. The summed E-state index contributed by atoms with van der Waals surface area (Å²) in [7, 11) is 1.75. The van der Waals surface area contributed by atoms with Gasteiger partial charge in [0.2, 0.25) is 0 Å². The number of rotatable bonds is 8. The SMILES string of the molecule is CN=C(NCCCOCc1ccco1)NCC1COc2ccccc2O1.I. The van der Waals surface area contributed by atoms with Crippen LogP contribution in [0.25, 0.3) is 0 Å². The zero-order valence-corrected chi connectivity index (χ0v) is 17.7. The maximum absolute atomic E-state index is 5.92. The first kappa shape index (κ1) is 21.4. The van der Waals surface area contributed by atoms with E-state index in [1.807, 2.05) is 36.4 Å². The summed E-state index contributed by atoms with van der Waals surface area (Å²) in [6, 6.07) is 11.5. The van der Waals surface area contributed by atoms with Crippen molar-refractivity contribution in [3.8, 4) is 11.5 Å². The van der Waals surface area contributed by atoms with Crippen LogP contribution in [0.5, 0.6) is 11.5 Å². The van der Waals surface area contributed by atoms with Crippen LogP contribution in [0.1, 0.15) is 12.2 Å². The van der Waals surface area contributed by atoms with Gasteiger partial charge in [-0.05, 0) is 30.7 Å². The van der Waals surface area contributed by atoms with Gasteiger partial charge in [0.1, 0.15) is 25.1 Å². The Kier molecular flexibility index (Phi) is 9.26. The monoisotopic (exact) mass is 487 g/mol. The fraction of sp³-hybridized carbons (Fsp3) is 0.421. The van der Waals surface area contributed by atoms with Crippen LogP contribution in [0, 0.1) is 0 Å². The predicted molar refractivity (Wildman–Crippen MR) is 114 cm³/mol. The van der Waals surface area contributed by atoms with Gasteiger partial charge >= 0.3 is 0 Å². The highest BCUT2D eigenvalue weighted by Gasteiger charge is 2.20. The molecule has 0 radical (unpaired) electrons. The zero-order chi connectivity index (χ0) is 18.0. The number of hydrogen-bond acceptors (Lipinski definition) is 5. The van der Waals surface area contributed by atoms with Gasteiger partial charge in [-0.1, -0.05) is 12.1 Å². The van der Waals surface area contributed by atoms with E-state index in [2.05, 4.69) is 15.6 Å². The fourth-order valence-corrected chi connectivity index (χ4v) is 2.54. The number of halogens is 1. The number of benzene rings is 1. The summed E-state index contributed by atoms with van der Waals surface area (Å²) >= 11 is 0. The van der Waals surface area contributed by atoms with E-state index in [4.69, 9.17) is 18.6 Å². The van der Waals surface area contributed by atoms with E-state index < -0.39 is 0 Å². The zero-order valence-electron chi connectivity index (χ0n) is 15.3. The molecular weight excluding hydrogens is 461 g/mol. The molecule has 0 fully saturated rings. The van der Waals surface area contributed by atoms with Crippen LogP contribution >= 0.6 is 24.0 Å². The third-order valence-electron chi connectivity index (χ3n) is 3.87. The second-order valence-electron chi connectivity index (χ2n) is 5.86. The molecule has 1 aromatic carbocycles. The first-order valence-corrected chi connectivity index (χ1v) is 8.78. The Balaban J connectivity index is 0.00000261. The van der Waals surface area contributed by atoms with Crippen molar-refractivity contribution in [3.63, 3.8) is 0 Å². The van der Waals surface area contributed by atoms with E-state index in [0.717, 1.165) is 36.2 Å². The third-order valence-corrected chi connectivity index (χ3v) is 3.87. The van der Waals surface area contributed by atoms with E-state index in [1.54, 1.807) is 13.3 Å². The number of guanidine groups is 1. The quantitative estimate of drug-likeness (QED) is 0.258. The van der Waals surface area contributed by atoms with Gasteiger partial charge in [-0.25, -0.2) is 0 Å². The van der Waals surface area contributed by atoms with Crippen molar-refractivity contribution in [2.75, 3.05) is 33.4 Å². The number of aliphatic imine (C=N–C) groups is 1. The molecule has 7 nitrogen and oxygen atoms in total. The second-order valence-corrected chi connectivity index (χ2v) is 5.86. The molecule has 0 saturated carbocycles. The normalized spacial score (nSPS) is 15.7. The van der Waals surface area contributed by atoms with E-state index >= 15 is 0 Å². The minimum Gasteiger partial charge on any atom is -0.486 e. The third kappa shape index (κ3) is 6.94. The Morgan fingerprint density at radius 2 is 2.04 bits per heavy atom. The molecule has 0 bridgehead atoms. The molecule has 0 amide bonds. The lowest BCUT2D eigenvalue weighted by Gasteiger charge is -2.27. The van der Waals surface area contributed by atoms with Crippen molar-refractivity contribution in [2.45, 2.75) is 19.1 Å². The predicted octanol–water partition coefficient (Wildman–Crippen LogP) is 2.81. The molecule has 2 heterocycles. The van der Waals surface area contributed by atoms with Crippen LogP contribution in [-0.2, 0) is 11.3 Å². The number of nitrogens with zero attached hydrogens (tertiary/aromatic N) is 1. The van der Waals surface area contributed by atoms with Gasteiger partial charge in [0.05, 0.1) is 12.8 Å². The summed E-state index contributed by atoms with van der Waals surface area (Å²) in [4.78, 5) is 4.22. The first-order chi connectivity index (χ1) is 12.8. The van der Waals surface area contributed by atoms with Crippen LogP contribution in [0.4, 0.5) is 0 Å². The average molecular weight is 487 g/mol. The molecule has 1 unspecified atom stereocenters. The van der Waals surface area contributed by atoms with Gasteiger partial charge in [-0.3, -0.25) is 4.99 Å². The highest BCUT2D eigenvalue weighted by Crippen LogP contribution is 2.30. The molecule has 1 aliphatic rings. The summed E-state index contributed by atoms with van der Waals surface area (Å²) in [6.45, 7) is 3.05. The van der Waals surface area contributed by atoms with E-state index in [1.165, 1.54) is 0 Å². The Morgan fingerprint density at radius 1 is 1.19 bits per heavy atom. The van der Waals surface area contributed by atoms with Crippen LogP contribution in [0.2, 0.25) is 0 Å². The van der Waals surface area contributed by atoms with Gasteiger partial charge in [0, 0.05) is 20.2 Å². The molecular formula is C19H26IN3O4. The molecule has 1 aliphatic heterocycles. The van der Waals surface area contributed by atoms with E-state index in [0.29, 0.717) is 26.4 Å². The largest absolute Gasteiger partial charge is 0.486 e. The standard InChI is InChI=1S/C19H25N3O4.HI/c1-20-19(21-9-5-10-23-13-15-6-4-11-24-15)22-12-16-14-25-17-7-2-3-8-18(17)26-16;/h2-4,6-8,11,16H,5,9-10,12-14H2,1H3,(H2,20,21,22);1H. The minimum atomic E-state index is -0.0555. The van der Waals surface area contributed by atoms with Crippen molar-refractivity contribution in [1.82, 2.24) is 10.6 Å². The maximum atomic E-state index is 5.92. The Bertz CT molecular complexity index is 694. The topological polar surface area (TPSA) is 77.3 Å². The summed E-state index contributed by atoms with van der Waals surface area (Å²) < 4.78 is 22.4. The van der Waals surface area contributed by atoms with Gasteiger partial charge < -0.3 is 29.3 Å². The molecule has 0 spiro atoms. The highest BCUT2D eigenvalue weighted by molar-refractivity contribution is 14.0. The van der Waals surface area contributed by atoms with Crippen LogP contribution in [-0.4, -0.2) is 45.4 Å². The summed E-state index contributed by atoms with van der Waals surface area (Å²) in [5.74, 6) is 3.15. The number of fused-ring (bicyclic) bond motifs is 1. The average Bonchev–Trinajstić information content (AvgIpc) is 3.20. The van der Waals surface area contributed by atoms with Crippen LogP contribution in [0.15, 0.2) is 52.1 Å². The van der Waals surface area contributed by atoms with E-state index in [9.17, 15) is 0 Å². The number of ether oxygens (including phenoxy) is 3. The first-order valence-electron chi connectivity index (χ1n) is 8.78. The lowest BCUT2D eigenvalue weighted by Crippen LogP contribution is -2.45. The van der Waals surface area contributed by atoms with Crippen molar-refractivity contribution in [1.29, 1.82) is 0 Å². The van der Waals surface area contributed by atoms with Crippen molar-refractivity contribution in [2.24, 2.45) is 4.99 Å². The number of hydrogen-bond donors (Lipinski definition) is 2.